The molecule has 1 aliphatic rings. The van der Waals surface area contributed by atoms with Crippen LogP contribution in [0.1, 0.15) is 27.9 Å². The van der Waals surface area contributed by atoms with E-state index in [9.17, 15) is 22.8 Å². The first-order valence-electron chi connectivity index (χ1n) is 12.6. The van der Waals surface area contributed by atoms with Gasteiger partial charge in [-0.1, -0.05) is 6.07 Å². The molecule has 1 atom stereocenters. The molecule has 4 aromatic rings. The first kappa shape index (κ1) is 26.4. The van der Waals surface area contributed by atoms with Gasteiger partial charge in [-0.15, -0.1) is 0 Å². The molecule has 1 fully saturated rings. The summed E-state index contributed by atoms with van der Waals surface area (Å²) >= 11 is 0. The fraction of sp³-hybridized carbons (Fsp3) is 0.276. The van der Waals surface area contributed by atoms with Crippen LogP contribution in [-0.2, 0) is 13.1 Å². The number of nitrogens with zero attached hydrogens (tertiary/aromatic N) is 3. The molecule has 7 nitrogen and oxygen atoms in total. The third-order valence-corrected chi connectivity index (χ3v) is 6.84. The summed E-state index contributed by atoms with van der Waals surface area (Å²) in [5.74, 6) is -3.68. The molecule has 0 aliphatic carbocycles. The Labute approximate surface area is 222 Å². The number of halogens is 3. The van der Waals surface area contributed by atoms with E-state index in [1.807, 2.05) is 24.3 Å². The van der Waals surface area contributed by atoms with Crippen molar-refractivity contribution in [3.8, 4) is 5.75 Å². The molecule has 2 aromatic heterocycles. The number of hydrogen-bond acceptors (Lipinski definition) is 5. The molecular formula is C29H27F3N4O3. The zero-order valence-corrected chi connectivity index (χ0v) is 21.3. The molecule has 0 saturated carbocycles. The number of hydrogen-bond donors (Lipinski definition) is 1. The Hall–Kier alpha value is -4.18. The predicted molar refractivity (Wildman–Crippen MR) is 140 cm³/mol. The van der Waals surface area contributed by atoms with E-state index in [2.05, 4.69) is 22.2 Å². The summed E-state index contributed by atoms with van der Waals surface area (Å²) in [4.78, 5) is 32.4. The van der Waals surface area contributed by atoms with Gasteiger partial charge in [0.1, 0.15) is 11.3 Å². The largest absolute Gasteiger partial charge is 0.492 e. The van der Waals surface area contributed by atoms with Crippen LogP contribution in [0.15, 0.2) is 65.7 Å². The van der Waals surface area contributed by atoms with E-state index in [1.165, 1.54) is 18.3 Å². The van der Waals surface area contributed by atoms with Crippen LogP contribution in [0.2, 0.25) is 0 Å². The molecule has 5 rings (SSSR count). The summed E-state index contributed by atoms with van der Waals surface area (Å²) in [5.41, 5.74) is 0.840. The van der Waals surface area contributed by atoms with Gasteiger partial charge in [0.05, 0.1) is 18.7 Å². The van der Waals surface area contributed by atoms with Crippen molar-refractivity contribution in [2.24, 2.45) is 5.92 Å². The number of nitrogens with one attached hydrogen (secondary N) is 1. The van der Waals surface area contributed by atoms with Crippen LogP contribution < -0.4 is 15.6 Å². The Morgan fingerprint density at radius 3 is 2.64 bits per heavy atom. The van der Waals surface area contributed by atoms with Crippen molar-refractivity contribution in [1.82, 2.24) is 19.8 Å². The van der Waals surface area contributed by atoms with Gasteiger partial charge in [-0.2, -0.15) is 0 Å². The maximum Gasteiger partial charge on any atom is 0.263 e. The predicted octanol–water partition coefficient (Wildman–Crippen LogP) is 4.12. The van der Waals surface area contributed by atoms with Crippen LogP contribution in [0, 0.1) is 23.4 Å². The maximum atomic E-state index is 13.6. The molecule has 39 heavy (non-hydrogen) atoms. The van der Waals surface area contributed by atoms with Crippen LogP contribution in [0.4, 0.5) is 13.2 Å². The summed E-state index contributed by atoms with van der Waals surface area (Å²) in [5, 5.41) is 3.58. The Morgan fingerprint density at radius 2 is 1.90 bits per heavy atom. The van der Waals surface area contributed by atoms with Crippen LogP contribution in [0.3, 0.4) is 0 Å². The molecule has 1 aliphatic heterocycles. The van der Waals surface area contributed by atoms with Crippen molar-refractivity contribution in [1.29, 1.82) is 0 Å². The quantitative estimate of drug-likeness (QED) is 0.343. The Kier molecular flexibility index (Phi) is 7.65. The van der Waals surface area contributed by atoms with E-state index in [1.54, 1.807) is 6.20 Å². The second kappa shape index (κ2) is 11.3. The van der Waals surface area contributed by atoms with Crippen LogP contribution >= 0.6 is 0 Å². The Bertz CT molecular complexity index is 1570. The highest BCUT2D eigenvalue weighted by Crippen LogP contribution is 2.26. The van der Waals surface area contributed by atoms with Crippen molar-refractivity contribution >= 4 is 16.8 Å². The molecule has 0 bridgehead atoms. The number of likely N-dealkylation sites (tertiary alicyclic amines) is 1. The van der Waals surface area contributed by atoms with Crippen LogP contribution in [-0.4, -0.2) is 47.1 Å². The highest BCUT2D eigenvalue weighted by atomic mass is 19.2. The molecule has 10 heteroatoms. The molecule has 3 heterocycles. The Morgan fingerprint density at radius 1 is 1.10 bits per heavy atom. The Balaban J connectivity index is 1.28. The van der Waals surface area contributed by atoms with E-state index in [4.69, 9.17) is 4.74 Å². The third kappa shape index (κ3) is 5.96. The van der Waals surface area contributed by atoms with Crippen molar-refractivity contribution < 1.29 is 22.7 Å². The second-order valence-electron chi connectivity index (χ2n) is 9.80. The summed E-state index contributed by atoms with van der Waals surface area (Å²) in [6.45, 7) is 2.59. The van der Waals surface area contributed by atoms with Crippen LogP contribution in [0.25, 0.3) is 10.9 Å². The van der Waals surface area contributed by atoms with Gasteiger partial charge in [0.2, 0.25) is 0 Å². The number of carbonyl (C=O) groups excluding carboxylic acids is 1. The molecule has 1 amide bonds. The third-order valence-electron chi connectivity index (χ3n) is 6.84. The summed E-state index contributed by atoms with van der Waals surface area (Å²) in [6, 6.07) is 11.9. The number of pyridine rings is 2. The number of aromatic nitrogens is 2. The minimum Gasteiger partial charge on any atom is -0.492 e. The first-order chi connectivity index (χ1) is 18.8. The fourth-order valence-electron chi connectivity index (χ4n) is 4.78. The lowest BCUT2D eigenvalue weighted by molar-refractivity contribution is 0.0948. The normalized spacial score (nSPS) is 15.5. The molecule has 0 spiro atoms. The van der Waals surface area contributed by atoms with Crippen LogP contribution in [0.5, 0.6) is 5.75 Å². The van der Waals surface area contributed by atoms with Gasteiger partial charge in [0.25, 0.3) is 11.5 Å². The number of ether oxygens (including phenoxy) is 1. The van der Waals surface area contributed by atoms with E-state index >= 15 is 0 Å². The first-order valence-corrected chi connectivity index (χ1v) is 12.6. The summed E-state index contributed by atoms with van der Waals surface area (Å²) < 4.78 is 47.7. The van der Waals surface area contributed by atoms with Gasteiger partial charge < -0.3 is 19.5 Å². The topological polar surface area (TPSA) is 76.5 Å². The summed E-state index contributed by atoms with van der Waals surface area (Å²) in [7, 11) is 2.10. The van der Waals surface area contributed by atoms with Crippen molar-refractivity contribution in [2.45, 2.75) is 19.5 Å². The fourth-order valence-corrected chi connectivity index (χ4v) is 4.78. The number of carbonyl (C=O) groups is 1. The van der Waals surface area contributed by atoms with E-state index in [-0.39, 0.29) is 24.2 Å². The smallest absolute Gasteiger partial charge is 0.263 e. The van der Waals surface area contributed by atoms with Crippen molar-refractivity contribution in [3.63, 3.8) is 0 Å². The SMILES string of the molecule is CN1CC[C@@H](COc2ccnc3ccc(CNC(=O)c4cccn(Cc5cc(F)c(F)c(F)c5)c4=O)cc23)C1. The maximum absolute atomic E-state index is 13.6. The summed E-state index contributed by atoms with van der Waals surface area (Å²) in [6.07, 6.45) is 4.18. The molecular weight excluding hydrogens is 509 g/mol. The number of rotatable bonds is 8. The van der Waals surface area contributed by atoms with E-state index < -0.39 is 28.9 Å². The zero-order valence-electron chi connectivity index (χ0n) is 21.3. The minimum absolute atomic E-state index is 0.0498. The van der Waals surface area contributed by atoms with Gasteiger partial charge >= 0.3 is 0 Å². The number of fused-ring (bicyclic) bond motifs is 1. The minimum atomic E-state index is -1.58. The lowest BCUT2D eigenvalue weighted by Gasteiger charge is -2.14. The van der Waals surface area contributed by atoms with Gasteiger partial charge in [-0.3, -0.25) is 14.6 Å². The molecule has 0 radical (unpaired) electrons. The highest BCUT2D eigenvalue weighted by Gasteiger charge is 2.20. The van der Waals surface area contributed by atoms with Crippen molar-refractivity contribution in [3.05, 3.63) is 105 Å². The lowest BCUT2D eigenvalue weighted by Crippen LogP contribution is -2.32. The zero-order chi connectivity index (χ0) is 27.5. The lowest BCUT2D eigenvalue weighted by atomic mass is 10.1. The molecule has 2 aromatic carbocycles. The van der Waals surface area contributed by atoms with Crippen molar-refractivity contribution in [2.75, 3.05) is 26.7 Å². The molecule has 202 valence electrons. The highest BCUT2D eigenvalue weighted by molar-refractivity contribution is 5.93. The number of amides is 1. The second-order valence-corrected chi connectivity index (χ2v) is 9.80. The molecule has 1 saturated heterocycles. The van der Waals surface area contributed by atoms with Gasteiger partial charge in [0, 0.05) is 36.8 Å². The average Bonchev–Trinajstić information content (AvgIpc) is 3.35. The van der Waals surface area contributed by atoms with Gasteiger partial charge in [-0.25, -0.2) is 13.2 Å². The molecule has 0 unspecified atom stereocenters. The van der Waals surface area contributed by atoms with E-state index in [0.29, 0.717) is 12.5 Å². The van der Waals surface area contributed by atoms with Gasteiger partial charge in [-0.05, 0) is 73.6 Å². The average molecular weight is 537 g/mol. The van der Waals surface area contributed by atoms with Gasteiger partial charge in [0.15, 0.2) is 17.5 Å². The number of benzene rings is 2. The van der Waals surface area contributed by atoms with E-state index in [0.717, 1.165) is 58.4 Å². The standard InChI is InChI=1S/C29H27F3N4O3/c1-35-10-7-19(15-35)17-39-26-6-8-33-25-5-4-18(11-22(25)26)14-34-28(37)21-3-2-9-36(29(21)38)16-20-12-23(30)27(32)24(31)13-20/h2-6,8-9,11-13,19H,7,10,14-17H2,1H3,(H,34,37)/t19-/m1/s1. The molecule has 1 N–H and O–H groups in total. The monoisotopic (exact) mass is 536 g/mol.